The number of nitrogens with one attached hydrogen (secondary N) is 1. The van der Waals surface area contributed by atoms with Gasteiger partial charge >= 0.3 is 0 Å². The first-order chi connectivity index (χ1) is 5.20. The zero-order valence-electron chi connectivity index (χ0n) is 6.08. The Kier molecular flexibility index (Phi) is 5.07. The fourth-order valence-corrected chi connectivity index (χ4v) is 0.603. The highest BCUT2D eigenvalue weighted by Crippen LogP contribution is 1.87. The van der Waals surface area contributed by atoms with Crippen molar-refractivity contribution >= 4 is 5.91 Å². The number of hydrogen-bond acceptors (Lipinski definition) is 4. The summed E-state index contributed by atoms with van der Waals surface area (Å²) in [5.74, 6) is -0.526. The number of nitriles is 1. The second-order valence-electron chi connectivity index (χ2n) is 2.03. The van der Waals surface area contributed by atoms with E-state index in [9.17, 15) is 4.79 Å². The predicted octanol–water partition coefficient (Wildman–Crippen LogP) is -1.66. The summed E-state index contributed by atoms with van der Waals surface area (Å²) in [5.41, 5.74) is 4.85. The molecule has 0 fully saturated rings. The fraction of sp³-hybridized carbons (Fsp3) is 0.667. The van der Waals surface area contributed by atoms with E-state index in [0.29, 0.717) is 6.54 Å². The molecule has 0 saturated heterocycles. The molecule has 0 saturated carbocycles. The molecule has 0 aliphatic carbocycles. The highest BCUT2D eigenvalue weighted by molar-refractivity contribution is 5.74. The van der Waals surface area contributed by atoms with Crippen LogP contribution in [0.4, 0.5) is 0 Å². The van der Waals surface area contributed by atoms with Gasteiger partial charge in [0.2, 0.25) is 5.91 Å². The van der Waals surface area contributed by atoms with Gasteiger partial charge in [0.1, 0.15) is 6.04 Å². The molecule has 11 heavy (non-hydrogen) atoms. The van der Waals surface area contributed by atoms with E-state index < -0.39 is 11.9 Å². The van der Waals surface area contributed by atoms with E-state index in [-0.39, 0.29) is 13.0 Å². The van der Waals surface area contributed by atoms with Crippen LogP contribution in [0.5, 0.6) is 0 Å². The van der Waals surface area contributed by atoms with Crippen molar-refractivity contribution in [2.45, 2.75) is 12.5 Å². The van der Waals surface area contributed by atoms with Crippen LogP contribution < -0.4 is 11.1 Å². The SMILES string of the molecule is N#CC(CC(N)=O)NCCO. The second kappa shape index (κ2) is 5.65. The highest BCUT2D eigenvalue weighted by Gasteiger charge is 2.08. The zero-order chi connectivity index (χ0) is 8.69. The Morgan fingerprint density at radius 1 is 1.82 bits per heavy atom. The summed E-state index contributed by atoms with van der Waals surface area (Å²) in [7, 11) is 0. The number of primary amides is 1. The molecule has 0 aliphatic rings. The van der Waals surface area contributed by atoms with E-state index in [1.165, 1.54) is 0 Å². The second-order valence-corrected chi connectivity index (χ2v) is 2.03. The summed E-state index contributed by atoms with van der Waals surface area (Å²) in [4.78, 5) is 10.3. The summed E-state index contributed by atoms with van der Waals surface area (Å²) in [5, 5.41) is 19.4. The molecule has 0 bridgehead atoms. The van der Waals surface area contributed by atoms with Crippen LogP contribution in [0.2, 0.25) is 0 Å². The van der Waals surface area contributed by atoms with Gasteiger partial charge in [-0.3, -0.25) is 10.1 Å². The molecule has 1 atom stereocenters. The number of amides is 1. The van der Waals surface area contributed by atoms with Gasteiger partial charge in [-0.05, 0) is 0 Å². The molecule has 1 unspecified atom stereocenters. The molecule has 0 aromatic rings. The standard InChI is InChI=1S/C6H11N3O2/c7-4-5(3-6(8)11)9-1-2-10/h5,9-10H,1-3H2,(H2,8,11). The molecular formula is C6H11N3O2. The maximum atomic E-state index is 10.3. The summed E-state index contributed by atoms with van der Waals surface area (Å²) in [6.45, 7) is 0.239. The average Bonchev–Trinajstić information content (AvgIpc) is 1.97. The third-order valence-corrected chi connectivity index (χ3v) is 1.06. The summed E-state index contributed by atoms with van der Waals surface area (Å²) >= 11 is 0. The van der Waals surface area contributed by atoms with Gasteiger partial charge in [-0.1, -0.05) is 0 Å². The Morgan fingerprint density at radius 2 is 2.45 bits per heavy atom. The van der Waals surface area contributed by atoms with Crippen LogP contribution in [-0.2, 0) is 4.79 Å². The lowest BCUT2D eigenvalue weighted by Crippen LogP contribution is -2.34. The van der Waals surface area contributed by atoms with Crippen LogP contribution in [-0.4, -0.2) is 30.2 Å². The lowest BCUT2D eigenvalue weighted by molar-refractivity contribution is -0.118. The van der Waals surface area contributed by atoms with Crippen molar-refractivity contribution < 1.29 is 9.90 Å². The minimum Gasteiger partial charge on any atom is -0.395 e. The molecule has 1 amide bonds. The number of nitrogens with two attached hydrogens (primary N) is 1. The minimum atomic E-state index is -0.584. The first kappa shape index (κ1) is 9.88. The van der Waals surface area contributed by atoms with E-state index in [1.54, 1.807) is 0 Å². The molecule has 62 valence electrons. The third kappa shape index (κ3) is 5.33. The van der Waals surface area contributed by atoms with Gasteiger partial charge in [0.05, 0.1) is 19.1 Å². The first-order valence-corrected chi connectivity index (χ1v) is 3.23. The topological polar surface area (TPSA) is 99.1 Å². The fourth-order valence-electron chi connectivity index (χ4n) is 0.603. The average molecular weight is 157 g/mol. The van der Waals surface area contributed by atoms with Crippen LogP contribution in [0.3, 0.4) is 0 Å². The zero-order valence-corrected chi connectivity index (χ0v) is 6.08. The molecule has 0 rings (SSSR count). The maximum absolute atomic E-state index is 10.3. The van der Waals surface area contributed by atoms with E-state index in [1.807, 2.05) is 6.07 Å². The lowest BCUT2D eigenvalue weighted by Gasteiger charge is -2.06. The van der Waals surface area contributed by atoms with Crippen LogP contribution >= 0.6 is 0 Å². The first-order valence-electron chi connectivity index (χ1n) is 3.23. The number of aliphatic hydroxyl groups is 1. The number of carbonyl (C=O) groups is 1. The Hall–Kier alpha value is -1.12. The monoisotopic (exact) mass is 157 g/mol. The number of hydrogen-bond donors (Lipinski definition) is 3. The van der Waals surface area contributed by atoms with E-state index in [4.69, 9.17) is 16.1 Å². The molecule has 0 aromatic heterocycles. The normalized spacial score (nSPS) is 12.0. The number of nitrogens with zero attached hydrogens (tertiary/aromatic N) is 1. The molecule has 0 radical (unpaired) electrons. The number of carbonyl (C=O) groups excluding carboxylic acids is 1. The minimum absolute atomic E-state index is 0.0174. The molecular weight excluding hydrogens is 146 g/mol. The van der Waals surface area contributed by atoms with E-state index >= 15 is 0 Å². The van der Waals surface area contributed by atoms with Gasteiger partial charge in [-0.2, -0.15) is 5.26 Å². The van der Waals surface area contributed by atoms with Crippen molar-refractivity contribution in [3.8, 4) is 6.07 Å². The van der Waals surface area contributed by atoms with Gasteiger partial charge in [-0.15, -0.1) is 0 Å². The van der Waals surface area contributed by atoms with Crippen molar-refractivity contribution in [1.29, 1.82) is 5.26 Å². The van der Waals surface area contributed by atoms with Crippen LogP contribution in [0.25, 0.3) is 0 Å². The van der Waals surface area contributed by atoms with E-state index in [2.05, 4.69) is 5.32 Å². The quantitative estimate of drug-likeness (QED) is 0.444. The maximum Gasteiger partial charge on any atom is 0.220 e. The van der Waals surface area contributed by atoms with Gasteiger partial charge in [-0.25, -0.2) is 0 Å². The summed E-state index contributed by atoms with van der Waals surface area (Å²) in [6, 6.07) is 1.26. The largest absolute Gasteiger partial charge is 0.395 e. The van der Waals surface area contributed by atoms with Gasteiger partial charge in [0.15, 0.2) is 0 Å². The van der Waals surface area contributed by atoms with Crippen molar-refractivity contribution in [2.75, 3.05) is 13.2 Å². The molecule has 5 heteroatoms. The number of rotatable bonds is 5. The third-order valence-electron chi connectivity index (χ3n) is 1.06. The van der Waals surface area contributed by atoms with Crippen molar-refractivity contribution in [1.82, 2.24) is 5.32 Å². The predicted molar refractivity (Wildman–Crippen MR) is 38.3 cm³/mol. The van der Waals surface area contributed by atoms with Crippen molar-refractivity contribution in [3.05, 3.63) is 0 Å². The Balaban J connectivity index is 3.60. The Morgan fingerprint density at radius 3 is 2.82 bits per heavy atom. The molecule has 4 N–H and O–H groups in total. The Bertz CT molecular complexity index is 164. The summed E-state index contributed by atoms with van der Waals surface area (Å²) < 4.78 is 0. The lowest BCUT2D eigenvalue weighted by atomic mass is 10.2. The van der Waals surface area contributed by atoms with Gasteiger partial charge in [0, 0.05) is 6.54 Å². The van der Waals surface area contributed by atoms with Gasteiger partial charge < -0.3 is 10.8 Å². The van der Waals surface area contributed by atoms with Crippen molar-refractivity contribution in [2.24, 2.45) is 5.73 Å². The molecule has 5 nitrogen and oxygen atoms in total. The smallest absolute Gasteiger partial charge is 0.220 e. The summed E-state index contributed by atoms with van der Waals surface area (Å²) in [6.07, 6.45) is -0.0174. The molecule has 0 spiro atoms. The van der Waals surface area contributed by atoms with Crippen LogP contribution in [0, 0.1) is 11.3 Å². The van der Waals surface area contributed by atoms with Crippen molar-refractivity contribution in [3.63, 3.8) is 0 Å². The molecule has 0 aromatic carbocycles. The number of aliphatic hydroxyl groups excluding tert-OH is 1. The van der Waals surface area contributed by atoms with Crippen LogP contribution in [0.1, 0.15) is 6.42 Å². The Labute approximate surface area is 64.8 Å². The van der Waals surface area contributed by atoms with Crippen LogP contribution in [0.15, 0.2) is 0 Å². The highest BCUT2D eigenvalue weighted by atomic mass is 16.3. The van der Waals surface area contributed by atoms with E-state index in [0.717, 1.165) is 0 Å². The molecule has 0 heterocycles. The van der Waals surface area contributed by atoms with Gasteiger partial charge in [0.25, 0.3) is 0 Å². The molecule has 0 aliphatic heterocycles.